The Kier molecular flexibility index (Phi) is 6.07. The monoisotopic (exact) mass is 523 g/mol. The van der Waals surface area contributed by atoms with E-state index >= 15 is 0 Å². The van der Waals surface area contributed by atoms with Crippen molar-refractivity contribution in [3.8, 4) is 17.3 Å². The standard InChI is InChI=1S/C27H24F3N5OS/c1-26(2,3)16-9-10-17-18(14-31)25(37-21(17)11-16)33-24(36)20-13-23-32-19(15-7-5-4-6-8-15)12-22(27(28,29)30)35(23)34-20/h4-8,12-13,16H,9-11H2,1-3H3,(H,33,36). The number of hydrogen-bond donors (Lipinski definition) is 1. The van der Waals surface area contributed by atoms with E-state index in [2.05, 4.69) is 42.2 Å². The molecule has 1 atom stereocenters. The number of anilines is 1. The van der Waals surface area contributed by atoms with E-state index in [9.17, 15) is 23.2 Å². The van der Waals surface area contributed by atoms with Crippen molar-refractivity contribution < 1.29 is 18.0 Å². The van der Waals surface area contributed by atoms with E-state index < -0.39 is 17.8 Å². The summed E-state index contributed by atoms with van der Waals surface area (Å²) in [5.74, 6) is -0.236. The van der Waals surface area contributed by atoms with Crippen LogP contribution < -0.4 is 5.32 Å². The second kappa shape index (κ2) is 8.99. The molecule has 0 fully saturated rings. The number of fused-ring (bicyclic) bond motifs is 2. The molecule has 0 saturated heterocycles. The van der Waals surface area contributed by atoms with Gasteiger partial charge in [0.05, 0.1) is 11.3 Å². The van der Waals surface area contributed by atoms with Crippen molar-refractivity contribution in [2.75, 3.05) is 5.32 Å². The Morgan fingerprint density at radius 3 is 2.57 bits per heavy atom. The van der Waals surface area contributed by atoms with Gasteiger partial charge < -0.3 is 5.32 Å². The van der Waals surface area contributed by atoms with Crippen LogP contribution in [0.15, 0.2) is 42.5 Å². The first-order valence-corrected chi connectivity index (χ1v) is 12.7. The lowest BCUT2D eigenvalue weighted by atomic mass is 9.72. The molecule has 0 saturated carbocycles. The Morgan fingerprint density at radius 1 is 1.19 bits per heavy atom. The van der Waals surface area contributed by atoms with Gasteiger partial charge in [-0.1, -0.05) is 51.1 Å². The molecule has 4 aromatic rings. The number of carbonyl (C=O) groups is 1. The quantitative estimate of drug-likeness (QED) is 0.322. The maximum Gasteiger partial charge on any atom is 0.433 e. The first-order chi connectivity index (χ1) is 17.5. The molecule has 0 bridgehead atoms. The Morgan fingerprint density at radius 2 is 1.92 bits per heavy atom. The number of nitriles is 1. The average molecular weight is 524 g/mol. The number of benzene rings is 1. The number of nitrogens with zero attached hydrogens (tertiary/aromatic N) is 4. The van der Waals surface area contributed by atoms with Gasteiger partial charge in [-0.3, -0.25) is 4.79 Å². The molecule has 3 heterocycles. The SMILES string of the molecule is CC(C)(C)C1CCc2c(sc(NC(=O)c3cc4nc(-c5ccccc5)cc(C(F)(F)F)n4n3)c2C#N)C1. The predicted molar refractivity (Wildman–Crippen MR) is 135 cm³/mol. The van der Waals surface area contributed by atoms with Crippen LogP contribution in [-0.2, 0) is 19.0 Å². The first-order valence-electron chi connectivity index (χ1n) is 11.8. The summed E-state index contributed by atoms with van der Waals surface area (Å²) in [7, 11) is 0. The van der Waals surface area contributed by atoms with E-state index in [0.717, 1.165) is 35.8 Å². The Hall–Kier alpha value is -3.71. The second-order valence-corrected chi connectivity index (χ2v) is 11.4. The van der Waals surface area contributed by atoms with Gasteiger partial charge in [0.1, 0.15) is 11.1 Å². The summed E-state index contributed by atoms with van der Waals surface area (Å²) >= 11 is 1.36. The van der Waals surface area contributed by atoms with E-state index in [1.807, 2.05) is 0 Å². The van der Waals surface area contributed by atoms with Crippen LogP contribution in [-0.4, -0.2) is 20.5 Å². The summed E-state index contributed by atoms with van der Waals surface area (Å²) in [5.41, 5.74) is 0.780. The minimum Gasteiger partial charge on any atom is -0.311 e. The summed E-state index contributed by atoms with van der Waals surface area (Å²) in [6, 6.07) is 12.9. The van der Waals surface area contributed by atoms with Gasteiger partial charge in [-0.15, -0.1) is 11.3 Å². The van der Waals surface area contributed by atoms with Crippen molar-refractivity contribution in [2.24, 2.45) is 11.3 Å². The lowest BCUT2D eigenvalue weighted by Crippen LogP contribution is -2.26. The molecule has 1 aliphatic rings. The molecule has 1 aliphatic carbocycles. The zero-order valence-corrected chi connectivity index (χ0v) is 21.3. The van der Waals surface area contributed by atoms with Gasteiger partial charge in [0.25, 0.3) is 5.91 Å². The number of hydrogen-bond acceptors (Lipinski definition) is 5. The summed E-state index contributed by atoms with van der Waals surface area (Å²) in [6.45, 7) is 6.58. The minimum atomic E-state index is -4.71. The maximum absolute atomic E-state index is 13.9. The summed E-state index contributed by atoms with van der Waals surface area (Å²) < 4.78 is 42.3. The highest BCUT2D eigenvalue weighted by Crippen LogP contribution is 2.44. The summed E-state index contributed by atoms with van der Waals surface area (Å²) in [6.07, 6.45) is -2.18. The van der Waals surface area contributed by atoms with Gasteiger partial charge in [0.2, 0.25) is 0 Å². The van der Waals surface area contributed by atoms with E-state index in [4.69, 9.17) is 0 Å². The Balaban J connectivity index is 1.50. The highest BCUT2D eigenvalue weighted by atomic mass is 32.1. The zero-order chi connectivity index (χ0) is 26.5. The number of halogens is 3. The number of alkyl halides is 3. The fourth-order valence-corrected chi connectivity index (χ4v) is 6.02. The van der Waals surface area contributed by atoms with Gasteiger partial charge in [-0.25, -0.2) is 9.50 Å². The number of rotatable bonds is 3. The van der Waals surface area contributed by atoms with Gasteiger partial charge in [0.15, 0.2) is 17.0 Å². The van der Waals surface area contributed by atoms with Crippen LogP contribution in [0.5, 0.6) is 0 Å². The number of carbonyl (C=O) groups excluding carboxylic acids is 1. The van der Waals surface area contributed by atoms with Gasteiger partial charge in [-0.05, 0) is 42.2 Å². The lowest BCUT2D eigenvalue weighted by molar-refractivity contribution is -0.142. The molecule has 190 valence electrons. The van der Waals surface area contributed by atoms with E-state index in [1.165, 1.54) is 17.4 Å². The molecule has 5 rings (SSSR count). The van der Waals surface area contributed by atoms with Crippen LogP contribution in [0.4, 0.5) is 18.2 Å². The number of aromatic nitrogens is 3. The molecule has 0 spiro atoms. The molecule has 1 unspecified atom stereocenters. The molecule has 1 aromatic carbocycles. The molecule has 10 heteroatoms. The third-order valence-corrected chi connectivity index (χ3v) is 8.02. The fraction of sp³-hybridized carbons (Fsp3) is 0.333. The second-order valence-electron chi connectivity index (χ2n) is 10.3. The highest BCUT2D eigenvalue weighted by molar-refractivity contribution is 7.16. The van der Waals surface area contributed by atoms with Crippen LogP contribution in [0.1, 0.15) is 59.4 Å². The molecule has 37 heavy (non-hydrogen) atoms. The summed E-state index contributed by atoms with van der Waals surface area (Å²) in [5, 5.41) is 16.9. The largest absolute Gasteiger partial charge is 0.433 e. The van der Waals surface area contributed by atoms with Crippen LogP contribution in [0, 0.1) is 22.7 Å². The maximum atomic E-state index is 13.9. The van der Waals surface area contributed by atoms with Gasteiger partial charge in [-0.2, -0.15) is 23.5 Å². The lowest BCUT2D eigenvalue weighted by Gasteiger charge is -2.33. The van der Waals surface area contributed by atoms with Crippen LogP contribution in [0.2, 0.25) is 0 Å². The van der Waals surface area contributed by atoms with Gasteiger partial charge >= 0.3 is 6.18 Å². The fourth-order valence-electron chi connectivity index (χ4n) is 4.74. The third-order valence-electron chi connectivity index (χ3n) is 6.85. The van der Waals surface area contributed by atoms with Crippen LogP contribution in [0.3, 0.4) is 0 Å². The molecule has 1 amide bonds. The molecule has 0 aliphatic heterocycles. The molecule has 1 N–H and O–H groups in total. The van der Waals surface area contributed by atoms with E-state index in [0.29, 0.717) is 26.6 Å². The minimum absolute atomic E-state index is 0.0992. The van der Waals surface area contributed by atoms with E-state index in [1.54, 1.807) is 30.3 Å². The smallest absolute Gasteiger partial charge is 0.311 e. The topological polar surface area (TPSA) is 83.1 Å². The number of nitrogens with one attached hydrogen (secondary N) is 1. The predicted octanol–water partition coefficient (Wildman–Crippen LogP) is 6.75. The van der Waals surface area contributed by atoms with Crippen molar-refractivity contribution in [1.82, 2.24) is 14.6 Å². The third kappa shape index (κ3) is 4.71. The van der Waals surface area contributed by atoms with Crippen molar-refractivity contribution in [3.63, 3.8) is 0 Å². The van der Waals surface area contributed by atoms with Crippen molar-refractivity contribution >= 4 is 27.9 Å². The van der Waals surface area contributed by atoms with Crippen molar-refractivity contribution in [2.45, 2.75) is 46.2 Å². The molecule has 3 aromatic heterocycles. The van der Waals surface area contributed by atoms with Crippen LogP contribution in [0.25, 0.3) is 16.9 Å². The molecular formula is C27H24F3N5OS. The highest BCUT2D eigenvalue weighted by Gasteiger charge is 2.36. The van der Waals surface area contributed by atoms with Gasteiger partial charge in [0, 0.05) is 16.5 Å². The van der Waals surface area contributed by atoms with E-state index in [-0.39, 0.29) is 22.5 Å². The Labute approximate surface area is 215 Å². The van der Waals surface area contributed by atoms with Crippen molar-refractivity contribution in [1.29, 1.82) is 5.26 Å². The number of amides is 1. The Bertz CT molecular complexity index is 1540. The molecule has 6 nitrogen and oxygen atoms in total. The number of thiophene rings is 1. The molecular weight excluding hydrogens is 499 g/mol. The summed E-state index contributed by atoms with van der Waals surface area (Å²) in [4.78, 5) is 18.5. The van der Waals surface area contributed by atoms with Crippen molar-refractivity contribution in [3.05, 3.63) is 69.9 Å². The zero-order valence-electron chi connectivity index (χ0n) is 20.5. The van der Waals surface area contributed by atoms with Crippen LogP contribution >= 0.6 is 11.3 Å². The molecule has 0 radical (unpaired) electrons. The average Bonchev–Trinajstić information content (AvgIpc) is 3.43. The first kappa shape index (κ1) is 25.0. The normalized spacial score (nSPS) is 15.9.